The molecule has 4 heterocycles. The average Bonchev–Trinajstić information content (AvgIpc) is 3.53. The maximum absolute atomic E-state index is 14.0. The highest BCUT2D eigenvalue weighted by Gasteiger charge is 2.48. The van der Waals surface area contributed by atoms with E-state index in [1.807, 2.05) is 42.7 Å². The fourth-order valence-electron chi connectivity index (χ4n) is 5.87. The van der Waals surface area contributed by atoms with Crippen LogP contribution in [-0.2, 0) is 17.9 Å². The SMILES string of the molecule is Cc1cc2c(cc3n2CC(C)(C(=O)NC2CCCCCCC2)N(Cc2ccc4c(c2)OCO4)C3=O)o1. The van der Waals surface area contributed by atoms with Crippen LogP contribution < -0.4 is 14.8 Å². The molecule has 36 heavy (non-hydrogen) atoms. The molecule has 1 unspecified atom stereocenters. The minimum absolute atomic E-state index is 0.102. The maximum atomic E-state index is 14.0. The van der Waals surface area contributed by atoms with Crippen LogP contribution in [0.1, 0.15) is 73.7 Å². The second-order valence-electron chi connectivity index (χ2n) is 10.6. The molecule has 2 amide bonds. The molecule has 1 aliphatic carbocycles. The molecule has 8 nitrogen and oxygen atoms in total. The van der Waals surface area contributed by atoms with Crippen LogP contribution in [0.4, 0.5) is 0 Å². The zero-order valence-electron chi connectivity index (χ0n) is 21.0. The lowest BCUT2D eigenvalue weighted by Gasteiger charge is -2.44. The fourth-order valence-corrected chi connectivity index (χ4v) is 5.87. The molecule has 0 radical (unpaired) electrons. The molecule has 0 spiro atoms. The monoisotopic (exact) mass is 491 g/mol. The van der Waals surface area contributed by atoms with Crippen molar-refractivity contribution in [1.29, 1.82) is 0 Å². The van der Waals surface area contributed by atoms with Gasteiger partial charge in [-0.3, -0.25) is 9.59 Å². The number of hydrogen-bond acceptors (Lipinski definition) is 5. The number of furan rings is 1. The minimum atomic E-state index is -1.07. The number of hydrogen-bond donors (Lipinski definition) is 1. The largest absolute Gasteiger partial charge is 0.460 e. The number of aromatic nitrogens is 1. The van der Waals surface area contributed by atoms with E-state index in [2.05, 4.69) is 5.32 Å². The first-order valence-electron chi connectivity index (χ1n) is 13.0. The van der Waals surface area contributed by atoms with Crippen molar-refractivity contribution in [2.24, 2.45) is 0 Å². The number of benzene rings is 1. The number of carbonyl (C=O) groups excluding carboxylic acids is 2. The van der Waals surface area contributed by atoms with E-state index < -0.39 is 5.54 Å². The summed E-state index contributed by atoms with van der Waals surface area (Å²) < 4.78 is 18.8. The Labute approximate surface area is 210 Å². The van der Waals surface area contributed by atoms with E-state index in [1.54, 1.807) is 11.0 Å². The van der Waals surface area contributed by atoms with Crippen molar-refractivity contribution in [2.45, 2.75) is 83.5 Å². The van der Waals surface area contributed by atoms with Crippen molar-refractivity contribution in [2.75, 3.05) is 6.79 Å². The van der Waals surface area contributed by atoms with Crippen LogP contribution in [0.25, 0.3) is 11.1 Å². The first-order chi connectivity index (χ1) is 17.4. The van der Waals surface area contributed by atoms with Gasteiger partial charge in [-0.2, -0.15) is 0 Å². The summed E-state index contributed by atoms with van der Waals surface area (Å²) in [6.45, 7) is 4.62. The lowest BCUT2D eigenvalue weighted by Crippen LogP contribution is -2.64. The van der Waals surface area contributed by atoms with Crippen LogP contribution >= 0.6 is 0 Å². The standard InChI is InChI=1S/C28H33N3O5/c1-18-12-21-24(36-18)14-22-26(32)31(15-19-10-11-23-25(13-19)35-17-34-23)28(2,16-30(21)22)27(33)29-20-8-6-4-3-5-7-9-20/h10-14,20H,3-9,15-17H2,1-2H3,(H,29,33). The van der Waals surface area contributed by atoms with Gasteiger partial charge < -0.3 is 28.7 Å². The topological polar surface area (TPSA) is 85.9 Å². The Morgan fingerprint density at radius 2 is 1.81 bits per heavy atom. The summed E-state index contributed by atoms with van der Waals surface area (Å²) >= 11 is 0. The summed E-state index contributed by atoms with van der Waals surface area (Å²) in [5, 5.41) is 3.34. The number of nitrogens with one attached hydrogen (secondary N) is 1. The molecule has 2 aromatic heterocycles. The molecule has 0 saturated heterocycles. The van der Waals surface area contributed by atoms with Crippen molar-refractivity contribution in [1.82, 2.24) is 14.8 Å². The van der Waals surface area contributed by atoms with Gasteiger partial charge in [0.05, 0.1) is 12.1 Å². The van der Waals surface area contributed by atoms with Crippen molar-refractivity contribution < 1.29 is 23.5 Å². The summed E-state index contributed by atoms with van der Waals surface area (Å²) in [7, 11) is 0. The summed E-state index contributed by atoms with van der Waals surface area (Å²) in [4.78, 5) is 29.7. The van der Waals surface area contributed by atoms with Gasteiger partial charge in [-0.15, -0.1) is 0 Å². The van der Waals surface area contributed by atoms with E-state index in [0.717, 1.165) is 42.5 Å². The van der Waals surface area contributed by atoms with Crippen molar-refractivity contribution in [3.05, 3.63) is 47.3 Å². The second kappa shape index (κ2) is 8.91. The second-order valence-corrected chi connectivity index (χ2v) is 10.6. The normalized spacial score (nSPS) is 22.4. The molecule has 8 heteroatoms. The number of nitrogens with zero attached hydrogens (tertiary/aromatic N) is 2. The molecule has 190 valence electrons. The van der Waals surface area contributed by atoms with Gasteiger partial charge in [0, 0.05) is 24.7 Å². The third-order valence-electron chi connectivity index (χ3n) is 7.95. The Morgan fingerprint density at radius 3 is 2.61 bits per heavy atom. The molecular weight excluding hydrogens is 458 g/mol. The molecule has 0 bridgehead atoms. The Morgan fingerprint density at radius 1 is 1.06 bits per heavy atom. The van der Waals surface area contributed by atoms with Gasteiger partial charge in [0.25, 0.3) is 5.91 Å². The van der Waals surface area contributed by atoms with Gasteiger partial charge in [-0.1, -0.05) is 38.2 Å². The zero-order chi connectivity index (χ0) is 24.9. The van der Waals surface area contributed by atoms with Crippen LogP contribution in [0.2, 0.25) is 0 Å². The molecule has 3 aromatic rings. The Hall–Kier alpha value is -3.42. The van der Waals surface area contributed by atoms with Crippen molar-refractivity contribution >= 4 is 22.9 Å². The fraction of sp³-hybridized carbons (Fsp3) is 0.500. The molecule has 1 N–H and O–H groups in total. The van der Waals surface area contributed by atoms with Gasteiger partial charge in [-0.05, 0) is 44.4 Å². The zero-order valence-corrected chi connectivity index (χ0v) is 21.0. The van der Waals surface area contributed by atoms with Crippen LogP contribution in [-0.4, -0.2) is 39.7 Å². The Bertz CT molecular complexity index is 1320. The summed E-state index contributed by atoms with van der Waals surface area (Å²) in [6.07, 6.45) is 7.91. The summed E-state index contributed by atoms with van der Waals surface area (Å²) in [5.41, 5.74) is 1.88. The van der Waals surface area contributed by atoms with Gasteiger partial charge >= 0.3 is 0 Å². The van der Waals surface area contributed by atoms with E-state index in [9.17, 15) is 9.59 Å². The molecule has 1 atom stereocenters. The average molecular weight is 492 g/mol. The van der Waals surface area contributed by atoms with Crippen LogP contribution in [0.5, 0.6) is 11.5 Å². The predicted octanol–water partition coefficient (Wildman–Crippen LogP) is 4.92. The van der Waals surface area contributed by atoms with E-state index in [-0.39, 0.29) is 31.2 Å². The lowest BCUT2D eigenvalue weighted by molar-refractivity contribution is -0.134. The van der Waals surface area contributed by atoms with E-state index in [4.69, 9.17) is 13.9 Å². The van der Waals surface area contributed by atoms with Gasteiger partial charge in [0.2, 0.25) is 12.7 Å². The van der Waals surface area contributed by atoms with Gasteiger partial charge in [0.15, 0.2) is 17.1 Å². The molecule has 3 aliphatic rings. The van der Waals surface area contributed by atoms with E-state index in [0.29, 0.717) is 29.3 Å². The first kappa shape index (κ1) is 23.0. The molecule has 1 aromatic carbocycles. The Balaban J connectivity index is 1.35. The van der Waals surface area contributed by atoms with Gasteiger partial charge in [-0.25, -0.2) is 0 Å². The van der Waals surface area contributed by atoms with E-state index >= 15 is 0 Å². The number of carbonyl (C=O) groups is 2. The highest BCUT2D eigenvalue weighted by Crippen LogP contribution is 2.37. The van der Waals surface area contributed by atoms with Crippen molar-refractivity contribution in [3.8, 4) is 11.5 Å². The summed E-state index contributed by atoms with van der Waals surface area (Å²) in [6, 6.07) is 9.55. The van der Waals surface area contributed by atoms with Crippen LogP contribution in [0.15, 0.2) is 34.7 Å². The number of aryl methyl sites for hydroxylation is 1. The first-order valence-corrected chi connectivity index (χ1v) is 13.0. The molecular formula is C28H33N3O5. The van der Waals surface area contributed by atoms with Crippen LogP contribution in [0, 0.1) is 6.92 Å². The lowest BCUT2D eigenvalue weighted by atomic mass is 9.91. The summed E-state index contributed by atoms with van der Waals surface area (Å²) in [5.74, 6) is 1.85. The quantitative estimate of drug-likeness (QED) is 0.560. The molecule has 2 aliphatic heterocycles. The maximum Gasteiger partial charge on any atom is 0.271 e. The van der Waals surface area contributed by atoms with Crippen molar-refractivity contribution in [3.63, 3.8) is 0 Å². The number of fused-ring (bicyclic) bond motifs is 4. The highest BCUT2D eigenvalue weighted by molar-refractivity contribution is 6.03. The minimum Gasteiger partial charge on any atom is -0.460 e. The number of rotatable bonds is 4. The van der Waals surface area contributed by atoms with E-state index in [1.165, 1.54) is 19.3 Å². The smallest absolute Gasteiger partial charge is 0.271 e. The molecule has 6 rings (SSSR count). The molecule has 1 fully saturated rings. The van der Waals surface area contributed by atoms with Gasteiger partial charge in [0.1, 0.15) is 17.0 Å². The van der Waals surface area contributed by atoms with Crippen LogP contribution in [0.3, 0.4) is 0 Å². The third kappa shape index (κ3) is 3.92. The Kier molecular flexibility index (Phi) is 5.69. The molecule has 1 saturated carbocycles. The highest BCUT2D eigenvalue weighted by atomic mass is 16.7. The number of ether oxygens (including phenoxy) is 2. The third-order valence-corrected chi connectivity index (χ3v) is 7.95. The predicted molar refractivity (Wildman–Crippen MR) is 134 cm³/mol. The number of amides is 2.